The molecule has 0 spiro atoms. The van der Waals surface area contributed by atoms with Gasteiger partial charge in [0.15, 0.2) is 0 Å². The molecule has 1 aliphatic carbocycles. The highest BCUT2D eigenvalue weighted by atomic mass is 32.2. The molecule has 1 N–H and O–H groups in total. The van der Waals surface area contributed by atoms with Crippen molar-refractivity contribution in [2.75, 3.05) is 26.0 Å². The second-order valence-corrected chi connectivity index (χ2v) is 8.39. The molecule has 3 rings (SSSR count). The first kappa shape index (κ1) is 17.2. The van der Waals surface area contributed by atoms with Gasteiger partial charge in [0.2, 0.25) is 15.9 Å². The zero-order valence-electron chi connectivity index (χ0n) is 14.0. The number of carbonyl (C=O) groups excluding carboxylic acids is 1. The first-order valence-corrected chi connectivity index (χ1v) is 10.3. The minimum Gasteiger partial charge on any atom is -0.492 e. The van der Waals surface area contributed by atoms with Crippen LogP contribution >= 0.6 is 0 Å². The van der Waals surface area contributed by atoms with Crippen molar-refractivity contribution < 1.29 is 17.9 Å². The summed E-state index contributed by atoms with van der Waals surface area (Å²) in [5.74, 6) is 0.582. The lowest BCUT2D eigenvalue weighted by molar-refractivity contribution is -0.124. The Balaban J connectivity index is 1.45. The van der Waals surface area contributed by atoms with Gasteiger partial charge in [0.1, 0.15) is 18.4 Å². The summed E-state index contributed by atoms with van der Waals surface area (Å²) in [6.07, 6.45) is 5.89. The molecule has 1 aliphatic heterocycles. The van der Waals surface area contributed by atoms with Gasteiger partial charge >= 0.3 is 0 Å². The molecule has 1 aromatic carbocycles. The number of amides is 1. The van der Waals surface area contributed by atoms with Gasteiger partial charge < -0.3 is 10.1 Å². The number of ether oxygens (including phenoxy) is 1. The van der Waals surface area contributed by atoms with E-state index < -0.39 is 16.1 Å². The predicted octanol–water partition coefficient (Wildman–Crippen LogP) is 1.09. The van der Waals surface area contributed by atoms with Gasteiger partial charge in [-0.1, -0.05) is 6.07 Å². The van der Waals surface area contributed by atoms with Gasteiger partial charge in [0, 0.05) is 6.54 Å². The van der Waals surface area contributed by atoms with Crippen LogP contribution in [0.3, 0.4) is 0 Å². The molecule has 0 unspecified atom stereocenters. The molecule has 2 aliphatic rings. The first-order valence-electron chi connectivity index (χ1n) is 8.44. The molecule has 1 heterocycles. The number of benzene rings is 1. The van der Waals surface area contributed by atoms with E-state index in [-0.39, 0.29) is 5.91 Å². The number of nitrogens with one attached hydrogen (secondary N) is 1. The summed E-state index contributed by atoms with van der Waals surface area (Å²) in [6.45, 7) is 1.16. The molecule has 1 fully saturated rings. The summed E-state index contributed by atoms with van der Waals surface area (Å²) in [5.41, 5.74) is 2.75. The van der Waals surface area contributed by atoms with Gasteiger partial charge in [-0.25, -0.2) is 8.42 Å². The number of hydrogen-bond donors (Lipinski definition) is 1. The minimum absolute atomic E-state index is 0.240. The highest BCUT2D eigenvalue weighted by molar-refractivity contribution is 7.88. The minimum atomic E-state index is -3.33. The lowest BCUT2D eigenvalue weighted by atomic mass is 10.1. The third kappa shape index (κ3) is 3.89. The van der Waals surface area contributed by atoms with E-state index in [0.717, 1.165) is 31.3 Å². The number of fused-ring (bicyclic) bond motifs is 1. The van der Waals surface area contributed by atoms with Crippen LogP contribution in [0.1, 0.15) is 30.4 Å². The van der Waals surface area contributed by atoms with Gasteiger partial charge in [0.05, 0.1) is 12.8 Å². The Morgan fingerprint density at radius 2 is 2.08 bits per heavy atom. The topological polar surface area (TPSA) is 75.7 Å². The van der Waals surface area contributed by atoms with Crippen LogP contribution in [0.25, 0.3) is 0 Å². The van der Waals surface area contributed by atoms with Crippen LogP contribution in [-0.2, 0) is 27.7 Å². The van der Waals surface area contributed by atoms with E-state index in [1.807, 2.05) is 6.07 Å². The third-order valence-electron chi connectivity index (χ3n) is 4.67. The predicted molar refractivity (Wildman–Crippen MR) is 91.5 cm³/mol. The quantitative estimate of drug-likeness (QED) is 0.778. The van der Waals surface area contributed by atoms with Crippen molar-refractivity contribution in [2.24, 2.45) is 0 Å². The number of nitrogens with zero attached hydrogens (tertiary/aromatic N) is 1. The number of carbonyl (C=O) groups is 1. The van der Waals surface area contributed by atoms with Gasteiger partial charge in [-0.2, -0.15) is 4.31 Å². The van der Waals surface area contributed by atoms with Crippen LogP contribution in [-0.4, -0.2) is 50.6 Å². The van der Waals surface area contributed by atoms with Crippen molar-refractivity contribution >= 4 is 15.9 Å². The molecule has 132 valence electrons. The van der Waals surface area contributed by atoms with Crippen molar-refractivity contribution in [3.63, 3.8) is 0 Å². The maximum Gasteiger partial charge on any atom is 0.238 e. The number of rotatable bonds is 6. The van der Waals surface area contributed by atoms with E-state index in [9.17, 15) is 13.2 Å². The lowest BCUT2D eigenvalue weighted by Crippen LogP contribution is -2.46. The van der Waals surface area contributed by atoms with Crippen LogP contribution in [0, 0.1) is 0 Å². The van der Waals surface area contributed by atoms with Crippen LogP contribution in [0.2, 0.25) is 0 Å². The second-order valence-electron chi connectivity index (χ2n) is 6.46. The van der Waals surface area contributed by atoms with Crippen LogP contribution in [0.5, 0.6) is 5.75 Å². The molecule has 0 saturated carbocycles. The molecule has 6 nitrogen and oxygen atoms in total. The largest absolute Gasteiger partial charge is 0.492 e. The molecule has 0 radical (unpaired) electrons. The Morgan fingerprint density at radius 1 is 1.29 bits per heavy atom. The first-order chi connectivity index (χ1) is 11.4. The SMILES string of the molecule is CS(=O)(=O)N1CCC[C@H]1C(=O)NCCOc1ccc2c(c1)CCC2. The second kappa shape index (κ2) is 7.11. The van der Waals surface area contributed by atoms with E-state index in [2.05, 4.69) is 17.4 Å². The van der Waals surface area contributed by atoms with Crippen molar-refractivity contribution in [1.82, 2.24) is 9.62 Å². The lowest BCUT2D eigenvalue weighted by Gasteiger charge is -2.21. The Labute approximate surface area is 143 Å². The van der Waals surface area contributed by atoms with Crippen molar-refractivity contribution in [3.05, 3.63) is 29.3 Å². The van der Waals surface area contributed by atoms with Gasteiger partial charge in [-0.3, -0.25) is 4.79 Å². The summed E-state index contributed by atoms with van der Waals surface area (Å²) in [7, 11) is -3.33. The average molecular weight is 352 g/mol. The fourth-order valence-electron chi connectivity index (χ4n) is 3.50. The summed E-state index contributed by atoms with van der Waals surface area (Å²) >= 11 is 0. The van der Waals surface area contributed by atoms with E-state index in [1.54, 1.807) is 0 Å². The van der Waals surface area contributed by atoms with Gasteiger partial charge in [0.25, 0.3) is 0 Å². The molecular formula is C17H24N2O4S. The fraction of sp³-hybridized carbons (Fsp3) is 0.588. The molecule has 24 heavy (non-hydrogen) atoms. The standard InChI is InChI=1S/C17H24N2O4S/c1-24(21,22)19-10-3-6-16(19)17(20)18-9-11-23-15-8-7-13-4-2-5-14(13)12-15/h7-8,12,16H,2-6,9-11H2,1H3,(H,18,20)/t16-/m0/s1. The molecular weight excluding hydrogens is 328 g/mol. The van der Waals surface area contributed by atoms with Gasteiger partial charge in [-0.15, -0.1) is 0 Å². The smallest absolute Gasteiger partial charge is 0.238 e. The number of aryl methyl sites for hydroxylation is 2. The zero-order chi connectivity index (χ0) is 17.2. The Morgan fingerprint density at radius 3 is 2.88 bits per heavy atom. The Hall–Kier alpha value is -1.60. The van der Waals surface area contributed by atoms with Crippen LogP contribution < -0.4 is 10.1 Å². The summed E-state index contributed by atoms with van der Waals surface area (Å²) < 4.78 is 30.3. The zero-order valence-corrected chi connectivity index (χ0v) is 14.8. The molecule has 7 heteroatoms. The van der Waals surface area contributed by atoms with E-state index in [4.69, 9.17) is 4.74 Å². The number of sulfonamides is 1. The summed E-state index contributed by atoms with van der Waals surface area (Å²) in [4.78, 5) is 12.2. The number of hydrogen-bond acceptors (Lipinski definition) is 4. The van der Waals surface area contributed by atoms with Crippen LogP contribution in [0.4, 0.5) is 0 Å². The van der Waals surface area contributed by atoms with E-state index in [0.29, 0.717) is 26.1 Å². The Kier molecular flexibility index (Phi) is 5.10. The van der Waals surface area contributed by atoms with Gasteiger partial charge in [-0.05, 0) is 55.4 Å². The molecule has 1 amide bonds. The normalized spacial score (nSPS) is 20.8. The monoisotopic (exact) mass is 352 g/mol. The molecule has 1 aromatic rings. The highest BCUT2D eigenvalue weighted by Gasteiger charge is 2.36. The molecule has 1 atom stereocenters. The van der Waals surface area contributed by atoms with Crippen molar-refractivity contribution in [2.45, 2.75) is 38.1 Å². The van der Waals surface area contributed by atoms with Crippen molar-refractivity contribution in [3.8, 4) is 5.75 Å². The summed E-state index contributed by atoms with van der Waals surface area (Å²) in [5, 5.41) is 2.78. The maximum absolute atomic E-state index is 12.2. The molecule has 0 bridgehead atoms. The summed E-state index contributed by atoms with van der Waals surface area (Å²) in [6, 6.07) is 5.57. The molecule has 0 aromatic heterocycles. The third-order valence-corrected chi connectivity index (χ3v) is 5.96. The maximum atomic E-state index is 12.2. The van der Waals surface area contributed by atoms with E-state index in [1.165, 1.54) is 21.9 Å². The van der Waals surface area contributed by atoms with Crippen LogP contribution in [0.15, 0.2) is 18.2 Å². The molecule has 1 saturated heterocycles. The van der Waals surface area contributed by atoms with Crippen molar-refractivity contribution in [1.29, 1.82) is 0 Å². The highest BCUT2D eigenvalue weighted by Crippen LogP contribution is 2.26. The average Bonchev–Trinajstić information content (AvgIpc) is 3.18. The Bertz CT molecular complexity index is 717. The van der Waals surface area contributed by atoms with E-state index >= 15 is 0 Å². The fourth-order valence-corrected chi connectivity index (χ4v) is 4.62.